The molecule has 0 aliphatic rings. The molecule has 0 saturated heterocycles. The van der Waals surface area contributed by atoms with Crippen molar-refractivity contribution in [3.63, 3.8) is 0 Å². The zero-order chi connectivity index (χ0) is 20.6. The van der Waals surface area contributed by atoms with Gasteiger partial charge in [-0.05, 0) is 69.2 Å². The number of hydrogen-bond donors (Lipinski definition) is 1. The maximum absolute atomic E-state index is 13.0. The van der Waals surface area contributed by atoms with Crippen LogP contribution >= 0.6 is 11.8 Å². The van der Waals surface area contributed by atoms with Crippen LogP contribution in [0.1, 0.15) is 57.1 Å². The third-order valence-corrected chi connectivity index (χ3v) is 5.74. The fourth-order valence-electron chi connectivity index (χ4n) is 3.39. The van der Waals surface area contributed by atoms with Crippen molar-refractivity contribution in [2.45, 2.75) is 51.9 Å². The minimum absolute atomic E-state index is 0.0515. The van der Waals surface area contributed by atoms with Crippen molar-refractivity contribution >= 4 is 23.3 Å². The van der Waals surface area contributed by atoms with Crippen molar-refractivity contribution in [3.05, 3.63) is 51.8 Å². The first kappa shape index (κ1) is 20.0. The molecule has 28 heavy (non-hydrogen) atoms. The van der Waals surface area contributed by atoms with Crippen molar-refractivity contribution in [2.75, 3.05) is 0 Å². The molecule has 0 aliphatic heterocycles. The van der Waals surface area contributed by atoms with E-state index in [1.807, 2.05) is 32.9 Å². The molecule has 7 nitrogen and oxygen atoms in total. The van der Waals surface area contributed by atoms with Crippen LogP contribution in [-0.4, -0.2) is 42.0 Å². The maximum atomic E-state index is 13.0. The lowest BCUT2D eigenvalue weighted by Gasteiger charge is -2.11. The van der Waals surface area contributed by atoms with Gasteiger partial charge in [0.25, 0.3) is 0 Å². The molecule has 0 saturated carbocycles. The van der Waals surface area contributed by atoms with E-state index in [-0.39, 0.29) is 11.6 Å². The molecule has 1 atom stereocenters. The first-order valence-corrected chi connectivity index (χ1v) is 9.85. The van der Waals surface area contributed by atoms with E-state index in [0.717, 1.165) is 16.8 Å². The minimum atomic E-state index is -0.424. The number of aromatic nitrogens is 5. The van der Waals surface area contributed by atoms with Crippen LogP contribution in [0.25, 0.3) is 5.69 Å². The predicted molar refractivity (Wildman–Crippen MR) is 109 cm³/mol. The van der Waals surface area contributed by atoms with Gasteiger partial charge in [0.1, 0.15) is 0 Å². The molecular weight excluding hydrogens is 374 g/mol. The molecule has 0 aliphatic carbocycles. The molecule has 1 aromatic carbocycles. The van der Waals surface area contributed by atoms with Crippen molar-refractivity contribution in [3.8, 4) is 5.69 Å². The highest BCUT2D eigenvalue weighted by molar-refractivity contribution is 8.00. The van der Waals surface area contributed by atoms with E-state index in [4.69, 9.17) is 0 Å². The second kappa shape index (κ2) is 7.71. The van der Waals surface area contributed by atoms with Gasteiger partial charge in [0.15, 0.2) is 11.6 Å². The van der Waals surface area contributed by atoms with Crippen molar-refractivity contribution in [1.29, 1.82) is 0 Å². The number of carbonyl (C=O) groups is 2. The number of nitrogens with zero attached hydrogens (tertiary/aromatic N) is 4. The van der Waals surface area contributed by atoms with Crippen LogP contribution in [0.5, 0.6) is 0 Å². The number of thioether (sulfide) groups is 1. The van der Waals surface area contributed by atoms with Gasteiger partial charge in [0, 0.05) is 11.3 Å². The van der Waals surface area contributed by atoms with Crippen LogP contribution in [0, 0.1) is 27.7 Å². The molecule has 0 amide bonds. The Bertz CT molecular complexity index is 1070. The summed E-state index contributed by atoms with van der Waals surface area (Å²) in [6, 6.07) is 6.03. The molecule has 0 spiro atoms. The normalized spacial score (nSPS) is 12.2. The largest absolute Gasteiger partial charge is 0.355 e. The van der Waals surface area contributed by atoms with Crippen LogP contribution in [0.3, 0.4) is 0 Å². The summed E-state index contributed by atoms with van der Waals surface area (Å²) in [5, 5.41) is 12.1. The number of hydrogen-bond acceptors (Lipinski definition) is 6. The SMILES string of the molecule is CC(=O)c1c(C)[nH]c(C(=O)[C@@H](C)Sc2nnnn2-c2ccc(C)cc2C)c1C. The lowest BCUT2D eigenvalue weighted by Crippen LogP contribution is -2.16. The molecule has 2 heterocycles. The zero-order valence-corrected chi connectivity index (χ0v) is 17.6. The summed E-state index contributed by atoms with van der Waals surface area (Å²) in [7, 11) is 0. The van der Waals surface area contributed by atoms with Gasteiger partial charge in [-0.1, -0.05) is 29.5 Å². The summed E-state index contributed by atoms with van der Waals surface area (Å²) in [6.07, 6.45) is 0. The Labute approximate surface area is 167 Å². The average Bonchev–Trinajstić information content (AvgIpc) is 3.18. The van der Waals surface area contributed by atoms with Crippen LogP contribution in [-0.2, 0) is 0 Å². The van der Waals surface area contributed by atoms with E-state index in [2.05, 4.69) is 26.6 Å². The van der Waals surface area contributed by atoms with E-state index in [0.29, 0.717) is 27.7 Å². The number of benzene rings is 1. The van der Waals surface area contributed by atoms with Crippen molar-refractivity contribution < 1.29 is 9.59 Å². The number of rotatable bonds is 6. The van der Waals surface area contributed by atoms with E-state index in [1.165, 1.54) is 18.7 Å². The van der Waals surface area contributed by atoms with Crippen LogP contribution < -0.4 is 0 Å². The molecule has 146 valence electrons. The number of nitrogens with one attached hydrogen (secondary N) is 1. The van der Waals surface area contributed by atoms with Gasteiger partial charge in [-0.25, -0.2) is 0 Å². The third kappa shape index (κ3) is 3.64. The molecule has 0 fully saturated rings. The molecule has 0 unspecified atom stereocenters. The van der Waals surface area contributed by atoms with E-state index < -0.39 is 5.25 Å². The van der Waals surface area contributed by atoms with Gasteiger partial charge in [0.2, 0.25) is 5.16 Å². The Kier molecular flexibility index (Phi) is 5.51. The summed E-state index contributed by atoms with van der Waals surface area (Å²) < 4.78 is 1.65. The summed E-state index contributed by atoms with van der Waals surface area (Å²) in [5.41, 5.74) is 5.54. The van der Waals surface area contributed by atoms with Gasteiger partial charge in [0.05, 0.1) is 16.6 Å². The second-order valence-corrected chi connectivity index (χ2v) is 8.28. The molecule has 8 heteroatoms. The fourth-order valence-corrected chi connectivity index (χ4v) is 4.25. The number of carbonyl (C=O) groups excluding carboxylic acids is 2. The fraction of sp³-hybridized carbons (Fsp3) is 0.350. The molecule has 3 rings (SSSR count). The molecule has 0 bridgehead atoms. The number of aromatic amines is 1. The van der Waals surface area contributed by atoms with Gasteiger partial charge < -0.3 is 4.98 Å². The highest BCUT2D eigenvalue weighted by atomic mass is 32.2. The summed E-state index contributed by atoms with van der Waals surface area (Å²) >= 11 is 1.29. The van der Waals surface area contributed by atoms with Gasteiger partial charge in [-0.15, -0.1) is 5.10 Å². The van der Waals surface area contributed by atoms with Crippen molar-refractivity contribution in [2.24, 2.45) is 0 Å². The number of H-pyrrole nitrogens is 1. The number of Topliss-reactive ketones (excluding diaryl/α,β-unsaturated/α-hetero) is 2. The molecular formula is C20H23N5O2S. The van der Waals surface area contributed by atoms with E-state index in [9.17, 15) is 9.59 Å². The number of tetrazole rings is 1. The van der Waals surface area contributed by atoms with Gasteiger partial charge >= 0.3 is 0 Å². The molecule has 1 N–H and O–H groups in total. The first-order chi connectivity index (χ1) is 13.2. The monoisotopic (exact) mass is 397 g/mol. The van der Waals surface area contributed by atoms with Crippen LogP contribution in [0.2, 0.25) is 0 Å². The lowest BCUT2D eigenvalue weighted by molar-refractivity contribution is 0.0988. The Balaban J connectivity index is 1.88. The van der Waals surface area contributed by atoms with Gasteiger partial charge in [-0.2, -0.15) is 4.68 Å². The van der Waals surface area contributed by atoms with E-state index >= 15 is 0 Å². The number of ketones is 2. The Hall–Kier alpha value is -2.74. The lowest BCUT2D eigenvalue weighted by atomic mass is 10.0. The van der Waals surface area contributed by atoms with E-state index in [1.54, 1.807) is 18.5 Å². The quantitative estimate of drug-likeness (QED) is 0.502. The second-order valence-electron chi connectivity index (χ2n) is 6.97. The summed E-state index contributed by atoms with van der Waals surface area (Å²) in [4.78, 5) is 27.9. The average molecular weight is 398 g/mol. The molecule has 3 aromatic rings. The number of aryl methyl sites for hydroxylation is 3. The molecule has 2 aromatic heterocycles. The third-order valence-electron chi connectivity index (χ3n) is 4.71. The highest BCUT2D eigenvalue weighted by Crippen LogP contribution is 2.28. The predicted octanol–water partition coefficient (Wildman–Crippen LogP) is 3.79. The van der Waals surface area contributed by atoms with Gasteiger partial charge in [-0.3, -0.25) is 9.59 Å². The molecule has 0 radical (unpaired) electrons. The smallest absolute Gasteiger partial charge is 0.214 e. The Morgan fingerprint density at radius 2 is 1.89 bits per heavy atom. The summed E-state index contributed by atoms with van der Waals surface area (Å²) in [5.74, 6) is -0.141. The van der Waals surface area contributed by atoms with Crippen molar-refractivity contribution in [1.82, 2.24) is 25.2 Å². The van der Waals surface area contributed by atoms with Crippen LogP contribution in [0.15, 0.2) is 23.4 Å². The first-order valence-electron chi connectivity index (χ1n) is 8.97. The standard InChI is InChI=1S/C20H23N5O2S/c1-10-7-8-16(11(2)9-10)25-20(22-23-24-25)28-15(6)19(27)18-12(3)17(14(5)26)13(4)21-18/h7-9,15,21H,1-6H3/t15-/m1/s1. The topological polar surface area (TPSA) is 93.5 Å². The summed E-state index contributed by atoms with van der Waals surface area (Å²) in [6.45, 7) is 11.0. The maximum Gasteiger partial charge on any atom is 0.214 e. The highest BCUT2D eigenvalue weighted by Gasteiger charge is 2.26. The Morgan fingerprint density at radius 1 is 1.18 bits per heavy atom. The minimum Gasteiger partial charge on any atom is -0.355 e. The Morgan fingerprint density at radius 3 is 2.50 bits per heavy atom. The zero-order valence-electron chi connectivity index (χ0n) is 16.8. The van der Waals surface area contributed by atoms with Crippen LogP contribution in [0.4, 0.5) is 0 Å².